The fourth-order valence-corrected chi connectivity index (χ4v) is 16.5. The molecule has 6 fully saturated rings. The van der Waals surface area contributed by atoms with Gasteiger partial charge in [-0.15, -0.1) is 6.42 Å². The lowest BCUT2D eigenvalue weighted by atomic mass is 9.43. The summed E-state index contributed by atoms with van der Waals surface area (Å²) >= 11 is 0. The van der Waals surface area contributed by atoms with Gasteiger partial charge in [-0.3, -0.25) is 9.59 Å². The lowest BCUT2D eigenvalue weighted by Gasteiger charge is -2.62. The van der Waals surface area contributed by atoms with Gasteiger partial charge < -0.3 is 25.0 Å². The maximum Gasteiger partial charge on any atom is 0.303 e. The fourth-order valence-electron chi connectivity index (χ4n) is 16.5. The second-order valence-corrected chi connectivity index (χ2v) is 22.3. The predicted octanol–water partition coefficient (Wildman–Crippen LogP) is 9.90. The maximum absolute atomic E-state index is 12.5. The summed E-state index contributed by atoms with van der Waals surface area (Å²) in [5, 5.41) is 33.1. The average molecular weight is 820 g/mol. The van der Waals surface area contributed by atoms with Crippen molar-refractivity contribution in [1.82, 2.24) is 0 Å². The number of hydrogen-bond donors (Lipinski definition) is 3. The van der Waals surface area contributed by atoms with Crippen molar-refractivity contribution >= 4 is 17.4 Å². The molecule has 15 atom stereocenters. The number of ether oxygens (including phenoxy) is 1. The fraction of sp³-hybridized carbons (Fsp3) is 0.736. The van der Waals surface area contributed by atoms with Crippen molar-refractivity contribution < 1.29 is 29.6 Å². The molecule has 1 aromatic rings. The Morgan fingerprint density at radius 3 is 2.43 bits per heavy atom. The smallest absolute Gasteiger partial charge is 0.303 e. The highest BCUT2D eigenvalue weighted by atomic mass is 16.5. The van der Waals surface area contributed by atoms with E-state index >= 15 is 0 Å². The minimum Gasteiger partial charge on any atom is -0.481 e. The van der Waals surface area contributed by atoms with Crippen molar-refractivity contribution in [3.8, 4) is 12.3 Å². The first-order chi connectivity index (χ1) is 28.6. The maximum atomic E-state index is 12.5. The molecule has 1 unspecified atom stereocenters. The number of likely N-dealkylation sites (N-methyl/N-ethyl adjacent to an activating group) is 1. The number of aliphatic hydroxyl groups excluding tert-OH is 1. The van der Waals surface area contributed by atoms with Gasteiger partial charge in [-0.2, -0.15) is 0 Å². The highest BCUT2D eigenvalue weighted by Crippen LogP contribution is 2.69. The Labute approximate surface area is 360 Å². The molecule has 0 heterocycles. The number of aliphatic hydroxyl groups is 2. The number of rotatable bonds is 10. The summed E-state index contributed by atoms with van der Waals surface area (Å²) < 4.78 is 6.68. The number of aliphatic carboxylic acids is 1. The van der Waals surface area contributed by atoms with Crippen LogP contribution in [0.3, 0.4) is 0 Å². The number of anilines is 1. The molecule has 0 radical (unpaired) electrons. The molecule has 60 heavy (non-hydrogen) atoms. The van der Waals surface area contributed by atoms with Crippen molar-refractivity contribution in [2.24, 2.45) is 63.6 Å². The van der Waals surface area contributed by atoms with Crippen molar-refractivity contribution in [1.29, 1.82) is 0 Å². The molecule has 7 nitrogen and oxygen atoms in total. The van der Waals surface area contributed by atoms with Gasteiger partial charge in [0.25, 0.3) is 0 Å². The van der Waals surface area contributed by atoms with Gasteiger partial charge >= 0.3 is 5.97 Å². The van der Waals surface area contributed by atoms with Crippen LogP contribution in [0.15, 0.2) is 47.1 Å². The molecular formula is C53H73NO6. The molecule has 0 amide bonds. The van der Waals surface area contributed by atoms with E-state index in [1.54, 1.807) is 0 Å². The molecule has 326 valence electrons. The Morgan fingerprint density at radius 2 is 1.68 bits per heavy atom. The molecule has 0 aromatic heterocycles. The average Bonchev–Trinajstić information content (AvgIpc) is 3.72. The second-order valence-electron chi connectivity index (χ2n) is 22.3. The van der Waals surface area contributed by atoms with Crippen molar-refractivity contribution in [3.63, 3.8) is 0 Å². The highest BCUT2D eigenvalue weighted by molar-refractivity contribution is 5.93. The number of ketones is 1. The number of hydrogen-bond acceptors (Lipinski definition) is 6. The standard InChI is InChI=1S/C53H73NO6/c1-7-53(59)25-22-43-40-15-11-34-28-37(55)14-16-39(34)48(40)41(31-52(43,53)5)33-9-12-36(13-10-33)54(6)26-27-60-38-20-23-50(3)35(29-38)30-46(56)49-44-18-17-42(32(2)8-19-47(57)58)51(44,4)24-21-45(49)50/h1,9-10,12-13,28,32,35,38,40-46,49,56,59H,8,11,14-27,29-31H2,2-6H3,(H,57,58)/t32-,35+,38?,40+,41-,42-,43+,44+,45+,46-,49+,50+,51-,52+,53+/m1/s1. The third-order valence-electron chi connectivity index (χ3n) is 19.9. The van der Waals surface area contributed by atoms with E-state index in [9.17, 15) is 24.9 Å². The van der Waals surface area contributed by atoms with E-state index in [2.05, 4.69) is 69.8 Å². The first kappa shape index (κ1) is 42.4. The zero-order valence-electron chi connectivity index (χ0n) is 37.3. The zero-order valence-corrected chi connectivity index (χ0v) is 37.3. The molecular weight excluding hydrogens is 747 g/mol. The molecule has 0 aliphatic heterocycles. The number of benzene rings is 1. The normalized spacial score (nSPS) is 43.6. The van der Waals surface area contributed by atoms with Crippen LogP contribution in [0, 0.1) is 75.9 Å². The van der Waals surface area contributed by atoms with Crippen LogP contribution < -0.4 is 4.90 Å². The van der Waals surface area contributed by atoms with Crippen LogP contribution in [0.1, 0.15) is 148 Å². The summed E-state index contributed by atoms with van der Waals surface area (Å²) in [6.45, 7) is 11.0. The van der Waals surface area contributed by atoms with Gasteiger partial charge in [-0.1, -0.05) is 51.3 Å². The molecule has 0 bridgehead atoms. The quantitative estimate of drug-likeness (QED) is 0.202. The molecule has 0 saturated heterocycles. The molecule has 8 aliphatic rings. The van der Waals surface area contributed by atoms with Gasteiger partial charge in [0.1, 0.15) is 5.60 Å². The van der Waals surface area contributed by atoms with Gasteiger partial charge in [0.05, 0.1) is 18.8 Å². The Hall–Kier alpha value is -2.92. The van der Waals surface area contributed by atoms with Gasteiger partial charge in [0.2, 0.25) is 0 Å². The topological polar surface area (TPSA) is 107 Å². The summed E-state index contributed by atoms with van der Waals surface area (Å²) in [5.74, 6) is 6.24. The number of fused-ring (bicyclic) bond motifs is 9. The lowest BCUT2D eigenvalue weighted by Crippen LogP contribution is -2.58. The number of carbonyl (C=O) groups is 2. The molecule has 6 saturated carbocycles. The van der Waals surface area contributed by atoms with Crippen molar-refractivity contribution in [3.05, 3.63) is 52.6 Å². The Balaban J connectivity index is 0.830. The number of terminal acetylenes is 1. The molecule has 1 aromatic carbocycles. The zero-order chi connectivity index (χ0) is 42.4. The van der Waals surface area contributed by atoms with E-state index in [1.807, 2.05) is 6.08 Å². The van der Waals surface area contributed by atoms with Crippen molar-refractivity contribution in [2.75, 3.05) is 25.1 Å². The largest absolute Gasteiger partial charge is 0.481 e. The number of nitrogens with zero attached hydrogens (tertiary/aromatic N) is 1. The summed E-state index contributed by atoms with van der Waals surface area (Å²) in [4.78, 5) is 26.1. The van der Waals surface area contributed by atoms with E-state index in [4.69, 9.17) is 11.2 Å². The minimum absolute atomic E-state index is 0.168. The number of carboxylic acids is 1. The van der Waals surface area contributed by atoms with E-state index in [0.29, 0.717) is 66.8 Å². The summed E-state index contributed by atoms with van der Waals surface area (Å²) in [5.41, 5.74) is 5.64. The minimum atomic E-state index is -1.09. The van der Waals surface area contributed by atoms with E-state index in [0.717, 1.165) is 70.0 Å². The van der Waals surface area contributed by atoms with Crippen LogP contribution in [0.2, 0.25) is 0 Å². The van der Waals surface area contributed by atoms with Crippen LogP contribution >= 0.6 is 0 Å². The van der Waals surface area contributed by atoms with Gasteiger partial charge in [-0.25, -0.2) is 0 Å². The molecule has 9 rings (SSSR count). The van der Waals surface area contributed by atoms with E-state index in [-0.39, 0.29) is 46.6 Å². The summed E-state index contributed by atoms with van der Waals surface area (Å²) in [7, 11) is 2.15. The third kappa shape index (κ3) is 6.79. The van der Waals surface area contributed by atoms with Gasteiger partial charge in [0, 0.05) is 43.5 Å². The SMILES string of the molecule is C#C[C@]1(O)CC[C@H]2[C@@H]3CCC4=CC(=O)CCC4=C3[C@@H](c3ccc(N(C)CCOC4CC[C@@]5(C)[C@@H](C4)C[C@@H](O)[C@@H]4[C@@H]5CC[C@]5(C)[C@@H]([C@H](C)CCC(=O)O)CC[C@@H]45)cc3)C[C@@]21C. The summed E-state index contributed by atoms with van der Waals surface area (Å²) in [6, 6.07) is 9.09. The third-order valence-corrected chi connectivity index (χ3v) is 19.9. The Bertz CT molecular complexity index is 1950. The van der Waals surface area contributed by atoms with E-state index < -0.39 is 11.6 Å². The first-order valence-corrected chi connectivity index (χ1v) is 24.1. The van der Waals surface area contributed by atoms with Gasteiger partial charge in [0.15, 0.2) is 5.78 Å². The van der Waals surface area contributed by atoms with Crippen LogP contribution in [-0.4, -0.2) is 65.1 Å². The number of allylic oxidation sites excluding steroid dienone is 4. The molecule has 8 aliphatic carbocycles. The van der Waals surface area contributed by atoms with Crippen LogP contribution in [0.5, 0.6) is 0 Å². The second kappa shape index (κ2) is 15.7. The number of carboxylic acid groups (broad SMARTS) is 1. The lowest BCUT2D eigenvalue weighted by molar-refractivity contribution is -0.178. The molecule has 0 spiro atoms. The van der Waals surface area contributed by atoms with Crippen LogP contribution in [0.4, 0.5) is 5.69 Å². The van der Waals surface area contributed by atoms with Crippen LogP contribution in [-0.2, 0) is 14.3 Å². The molecule has 3 N–H and O–H groups in total. The summed E-state index contributed by atoms with van der Waals surface area (Å²) in [6.07, 6.45) is 23.7. The first-order valence-electron chi connectivity index (χ1n) is 24.1. The van der Waals surface area contributed by atoms with Crippen molar-refractivity contribution in [2.45, 2.75) is 161 Å². The van der Waals surface area contributed by atoms with Gasteiger partial charge in [-0.05, 0) is 189 Å². The highest BCUT2D eigenvalue weighted by Gasteiger charge is 2.64. The Kier molecular flexibility index (Phi) is 11.1. The van der Waals surface area contributed by atoms with E-state index in [1.165, 1.54) is 54.4 Å². The number of carbonyl (C=O) groups excluding carboxylic acids is 1. The monoisotopic (exact) mass is 820 g/mol. The molecule has 7 heteroatoms. The Morgan fingerprint density at radius 1 is 0.950 bits per heavy atom. The van der Waals surface area contributed by atoms with Crippen LogP contribution in [0.25, 0.3) is 0 Å². The predicted molar refractivity (Wildman–Crippen MR) is 236 cm³/mol.